The van der Waals surface area contributed by atoms with Gasteiger partial charge in [0.1, 0.15) is 0 Å². The SMILES string of the molecule is CCC(C)C(C)NC(=O)Nc1cccc(Cn2nc(C)cc2C)c1. The van der Waals surface area contributed by atoms with Crippen LogP contribution in [-0.2, 0) is 6.54 Å². The van der Waals surface area contributed by atoms with Crippen molar-refractivity contribution < 1.29 is 4.79 Å². The van der Waals surface area contributed by atoms with Gasteiger partial charge in [-0.25, -0.2) is 4.79 Å². The highest BCUT2D eigenvalue weighted by atomic mass is 16.2. The Morgan fingerprint density at radius 1 is 1.25 bits per heavy atom. The summed E-state index contributed by atoms with van der Waals surface area (Å²) in [6, 6.07) is 9.93. The maximum Gasteiger partial charge on any atom is 0.319 e. The summed E-state index contributed by atoms with van der Waals surface area (Å²) in [5.41, 5.74) is 4.04. The normalized spacial score (nSPS) is 13.4. The molecular weight excluding hydrogens is 300 g/mol. The van der Waals surface area contributed by atoms with Crippen LogP contribution < -0.4 is 10.6 Å². The van der Waals surface area contributed by atoms with E-state index in [0.717, 1.165) is 29.1 Å². The molecule has 2 rings (SSSR count). The van der Waals surface area contributed by atoms with Crippen LogP contribution in [0.25, 0.3) is 0 Å². The lowest BCUT2D eigenvalue weighted by Crippen LogP contribution is -2.39. The summed E-state index contributed by atoms with van der Waals surface area (Å²) in [4.78, 5) is 12.1. The van der Waals surface area contributed by atoms with Crippen LogP contribution in [-0.4, -0.2) is 21.9 Å². The quantitative estimate of drug-likeness (QED) is 0.838. The first-order valence-electron chi connectivity index (χ1n) is 8.56. The topological polar surface area (TPSA) is 59.0 Å². The summed E-state index contributed by atoms with van der Waals surface area (Å²) >= 11 is 0. The average Bonchev–Trinajstić information content (AvgIpc) is 2.84. The van der Waals surface area contributed by atoms with Gasteiger partial charge < -0.3 is 10.6 Å². The molecule has 0 spiro atoms. The minimum Gasteiger partial charge on any atom is -0.335 e. The Morgan fingerprint density at radius 3 is 2.62 bits per heavy atom. The van der Waals surface area contributed by atoms with Crippen LogP contribution in [0.2, 0.25) is 0 Å². The van der Waals surface area contributed by atoms with E-state index >= 15 is 0 Å². The number of hydrogen-bond donors (Lipinski definition) is 2. The fraction of sp³-hybridized carbons (Fsp3) is 0.474. The van der Waals surface area contributed by atoms with Crippen molar-refractivity contribution in [2.45, 2.75) is 53.6 Å². The number of nitrogens with zero attached hydrogens (tertiary/aromatic N) is 2. The number of aryl methyl sites for hydroxylation is 2. The number of benzene rings is 1. The number of nitrogens with one attached hydrogen (secondary N) is 2. The number of carbonyl (C=O) groups is 1. The molecule has 2 unspecified atom stereocenters. The smallest absolute Gasteiger partial charge is 0.319 e. The molecule has 0 aliphatic heterocycles. The Bertz CT molecular complexity index is 692. The van der Waals surface area contributed by atoms with Crippen LogP contribution in [0.1, 0.15) is 44.1 Å². The molecule has 2 amide bonds. The molecule has 5 heteroatoms. The average molecular weight is 328 g/mol. The third-order valence-electron chi connectivity index (χ3n) is 4.48. The number of carbonyl (C=O) groups excluding carboxylic acids is 1. The second kappa shape index (κ2) is 7.99. The minimum absolute atomic E-state index is 0.146. The molecule has 0 fully saturated rings. The van der Waals surface area contributed by atoms with Crippen molar-refractivity contribution in [3.8, 4) is 0 Å². The fourth-order valence-electron chi connectivity index (χ4n) is 2.63. The van der Waals surface area contributed by atoms with Gasteiger partial charge in [0.25, 0.3) is 0 Å². The van der Waals surface area contributed by atoms with Gasteiger partial charge in [-0.15, -0.1) is 0 Å². The Morgan fingerprint density at radius 2 is 2.00 bits per heavy atom. The summed E-state index contributed by atoms with van der Waals surface area (Å²) in [5, 5.41) is 10.4. The van der Waals surface area contributed by atoms with Crippen molar-refractivity contribution in [2.75, 3.05) is 5.32 Å². The van der Waals surface area contributed by atoms with E-state index in [1.54, 1.807) is 0 Å². The highest BCUT2D eigenvalue weighted by Gasteiger charge is 2.13. The van der Waals surface area contributed by atoms with Crippen molar-refractivity contribution >= 4 is 11.7 Å². The lowest BCUT2D eigenvalue weighted by molar-refractivity contribution is 0.244. The molecule has 2 atom stereocenters. The van der Waals surface area contributed by atoms with E-state index in [9.17, 15) is 4.79 Å². The Kier molecular flexibility index (Phi) is 6.01. The molecule has 1 heterocycles. The molecule has 0 aliphatic rings. The van der Waals surface area contributed by atoms with Crippen LogP contribution in [0.5, 0.6) is 0 Å². The number of amides is 2. The highest BCUT2D eigenvalue weighted by Crippen LogP contribution is 2.14. The third kappa shape index (κ3) is 4.85. The van der Waals surface area contributed by atoms with Crippen LogP contribution >= 0.6 is 0 Å². The second-order valence-corrected chi connectivity index (χ2v) is 6.56. The molecule has 0 aliphatic carbocycles. The summed E-state index contributed by atoms with van der Waals surface area (Å²) in [6.45, 7) is 11.0. The summed E-state index contributed by atoms with van der Waals surface area (Å²) in [5.74, 6) is 0.452. The first kappa shape index (κ1) is 18.0. The summed E-state index contributed by atoms with van der Waals surface area (Å²) < 4.78 is 1.97. The van der Waals surface area contributed by atoms with Crippen LogP contribution in [0, 0.1) is 19.8 Å². The molecule has 2 N–H and O–H groups in total. The predicted octanol–water partition coefficient (Wildman–Crippen LogP) is 4.10. The van der Waals surface area contributed by atoms with Gasteiger partial charge in [-0.3, -0.25) is 4.68 Å². The van der Waals surface area contributed by atoms with E-state index < -0.39 is 0 Å². The second-order valence-electron chi connectivity index (χ2n) is 6.56. The Labute approximate surface area is 144 Å². The molecule has 2 aromatic rings. The minimum atomic E-state index is -0.161. The number of hydrogen-bond acceptors (Lipinski definition) is 2. The lowest BCUT2D eigenvalue weighted by atomic mass is 10.0. The molecule has 1 aromatic carbocycles. The molecule has 130 valence electrons. The third-order valence-corrected chi connectivity index (χ3v) is 4.48. The number of urea groups is 1. The highest BCUT2D eigenvalue weighted by molar-refractivity contribution is 5.89. The van der Waals surface area contributed by atoms with Gasteiger partial charge in [-0.05, 0) is 50.5 Å². The lowest BCUT2D eigenvalue weighted by Gasteiger charge is -2.20. The number of rotatable bonds is 6. The van der Waals surface area contributed by atoms with Gasteiger partial charge in [0, 0.05) is 17.4 Å². The van der Waals surface area contributed by atoms with Crippen molar-refractivity contribution in [1.82, 2.24) is 15.1 Å². The van der Waals surface area contributed by atoms with Gasteiger partial charge in [0.2, 0.25) is 0 Å². The molecule has 5 nitrogen and oxygen atoms in total. The molecule has 0 saturated carbocycles. The van der Waals surface area contributed by atoms with Crippen LogP contribution in [0.3, 0.4) is 0 Å². The van der Waals surface area contributed by atoms with E-state index in [1.165, 1.54) is 0 Å². The molecule has 0 saturated heterocycles. The van der Waals surface area contributed by atoms with E-state index in [1.807, 2.05) is 49.7 Å². The molecule has 0 bridgehead atoms. The van der Waals surface area contributed by atoms with Crippen LogP contribution in [0.4, 0.5) is 10.5 Å². The van der Waals surface area contributed by atoms with Gasteiger partial charge in [-0.1, -0.05) is 32.4 Å². The van der Waals surface area contributed by atoms with Gasteiger partial charge in [0.05, 0.1) is 12.2 Å². The van der Waals surface area contributed by atoms with Crippen molar-refractivity contribution in [1.29, 1.82) is 0 Å². The van der Waals surface area contributed by atoms with Gasteiger partial charge in [-0.2, -0.15) is 5.10 Å². The maximum atomic E-state index is 12.1. The van der Waals surface area contributed by atoms with E-state index in [-0.39, 0.29) is 12.1 Å². The maximum absolute atomic E-state index is 12.1. The molecule has 24 heavy (non-hydrogen) atoms. The zero-order chi connectivity index (χ0) is 17.7. The van der Waals surface area contributed by atoms with Crippen LogP contribution in [0.15, 0.2) is 30.3 Å². The molecular formula is C19H28N4O. The monoisotopic (exact) mass is 328 g/mol. The Hall–Kier alpha value is -2.30. The zero-order valence-electron chi connectivity index (χ0n) is 15.3. The van der Waals surface area contributed by atoms with E-state index in [4.69, 9.17) is 0 Å². The summed E-state index contributed by atoms with van der Waals surface area (Å²) in [7, 11) is 0. The molecule has 1 aromatic heterocycles. The van der Waals surface area contributed by atoms with Crippen molar-refractivity contribution in [3.05, 3.63) is 47.3 Å². The van der Waals surface area contributed by atoms with Gasteiger partial charge in [0.15, 0.2) is 0 Å². The fourth-order valence-corrected chi connectivity index (χ4v) is 2.63. The van der Waals surface area contributed by atoms with Crippen molar-refractivity contribution in [3.63, 3.8) is 0 Å². The first-order chi connectivity index (χ1) is 11.4. The predicted molar refractivity (Wildman–Crippen MR) is 98.3 cm³/mol. The molecule has 0 radical (unpaired) electrons. The van der Waals surface area contributed by atoms with Crippen molar-refractivity contribution in [2.24, 2.45) is 5.92 Å². The summed E-state index contributed by atoms with van der Waals surface area (Å²) in [6.07, 6.45) is 1.04. The zero-order valence-corrected chi connectivity index (χ0v) is 15.3. The first-order valence-corrected chi connectivity index (χ1v) is 8.56. The van der Waals surface area contributed by atoms with E-state index in [0.29, 0.717) is 12.5 Å². The Balaban J connectivity index is 2.00. The number of anilines is 1. The number of aromatic nitrogens is 2. The van der Waals surface area contributed by atoms with E-state index in [2.05, 4.69) is 35.6 Å². The largest absolute Gasteiger partial charge is 0.335 e. The standard InChI is InChI=1S/C19H28N4O/c1-6-13(2)16(5)20-19(24)21-18-9-7-8-17(11-18)12-23-15(4)10-14(3)22-23/h7-11,13,16H,6,12H2,1-5H3,(H2,20,21,24). The van der Waals surface area contributed by atoms with Gasteiger partial charge >= 0.3 is 6.03 Å².